The van der Waals surface area contributed by atoms with Crippen molar-refractivity contribution in [3.05, 3.63) is 78.5 Å². The Morgan fingerprint density at radius 3 is 2.73 bits per heavy atom. The van der Waals surface area contributed by atoms with Gasteiger partial charge in [0.1, 0.15) is 11.6 Å². The van der Waals surface area contributed by atoms with Crippen LogP contribution in [0.25, 0.3) is 22.0 Å². The van der Waals surface area contributed by atoms with Gasteiger partial charge in [0, 0.05) is 54.7 Å². The van der Waals surface area contributed by atoms with Crippen LogP contribution in [-0.4, -0.2) is 48.4 Å². The number of aromatic nitrogens is 3. The summed E-state index contributed by atoms with van der Waals surface area (Å²) in [6, 6.07) is 16.8. The summed E-state index contributed by atoms with van der Waals surface area (Å²) in [4.78, 5) is 16.0. The van der Waals surface area contributed by atoms with Gasteiger partial charge in [-0.15, -0.1) is 0 Å². The molecule has 6 heteroatoms. The second-order valence-corrected chi connectivity index (χ2v) is 8.25. The van der Waals surface area contributed by atoms with Gasteiger partial charge in [-0.3, -0.25) is 4.98 Å². The van der Waals surface area contributed by atoms with Crippen molar-refractivity contribution in [3.8, 4) is 17.0 Å². The third-order valence-corrected chi connectivity index (χ3v) is 6.08. The third kappa shape index (κ3) is 4.96. The highest BCUT2D eigenvalue weighted by atomic mass is 16.5. The molecule has 0 radical (unpaired) electrons. The monoisotopic (exact) mass is 440 g/mol. The summed E-state index contributed by atoms with van der Waals surface area (Å²) in [7, 11) is 1.71. The molecule has 2 aromatic carbocycles. The third-order valence-electron chi connectivity index (χ3n) is 6.08. The minimum atomic E-state index is 0.740. The van der Waals surface area contributed by atoms with E-state index in [1.165, 1.54) is 22.0 Å². The van der Waals surface area contributed by atoms with Crippen LogP contribution < -0.4 is 9.64 Å². The molecule has 0 unspecified atom stereocenters. The molecule has 168 valence electrons. The lowest BCUT2D eigenvalue weighted by molar-refractivity contribution is 0.123. The van der Waals surface area contributed by atoms with Gasteiger partial charge in [-0.25, -0.2) is 9.97 Å². The Balaban J connectivity index is 1.44. The average Bonchev–Trinajstić information content (AvgIpc) is 2.89. The van der Waals surface area contributed by atoms with Crippen LogP contribution in [0.4, 0.5) is 5.69 Å². The Morgan fingerprint density at radius 2 is 1.91 bits per heavy atom. The number of rotatable bonds is 7. The maximum atomic E-state index is 5.59. The molecule has 2 aromatic heterocycles. The van der Waals surface area contributed by atoms with Crippen molar-refractivity contribution in [2.45, 2.75) is 19.3 Å². The average molecular weight is 441 g/mol. The number of anilines is 1. The van der Waals surface area contributed by atoms with Gasteiger partial charge in [0.05, 0.1) is 26.0 Å². The van der Waals surface area contributed by atoms with Crippen molar-refractivity contribution in [2.24, 2.45) is 0 Å². The first-order valence-electron chi connectivity index (χ1n) is 11.5. The Labute approximate surface area is 194 Å². The Bertz CT molecular complexity index is 1220. The lowest BCUT2D eigenvalue weighted by Crippen LogP contribution is -2.36. The van der Waals surface area contributed by atoms with Gasteiger partial charge in [-0.2, -0.15) is 0 Å². The molecule has 33 heavy (non-hydrogen) atoms. The molecular weight excluding hydrogens is 412 g/mol. The van der Waals surface area contributed by atoms with Crippen molar-refractivity contribution in [3.63, 3.8) is 0 Å². The standard InChI is InChI=1S/C27H28N4O2/c1-32-23-8-7-21-16-22(17-26(24(21)18-23)31-12-14-33-15-13-31)25-9-11-29-27(30-25)6-2-4-20-5-3-10-28-19-20/h3,5,7-11,16-19H,2,4,6,12-15H2,1H3. The van der Waals surface area contributed by atoms with Gasteiger partial charge in [0.25, 0.3) is 0 Å². The number of pyridine rings is 1. The lowest BCUT2D eigenvalue weighted by Gasteiger charge is -2.30. The number of hydrogen-bond acceptors (Lipinski definition) is 6. The first-order chi connectivity index (χ1) is 16.3. The minimum absolute atomic E-state index is 0.740. The molecule has 0 aliphatic carbocycles. The second kappa shape index (κ2) is 9.96. The summed E-state index contributed by atoms with van der Waals surface area (Å²) in [5, 5.41) is 2.36. The molecule has 0 bridgehead atoms. The topological polar surface area (TPSA) is 60.4 Å². The summed E-state index contributed by atoms with van der Waals surface area (Å²) in [5.41, 5.74) is 4.49. The molecule has 1 saturated heterocycles. The van der Waals surface area contributed by atoms with E-state index < -0.39 is 0 Å². The fraction of sp³-hybridized carbons (Fsp3) is 0.296. The summed E-state index contributed by atoms with van der Waals surface area (Å²) in [5.74, 6) is 1.74. The molecule has 6 nitrogen and oxygen atoms in total. The summed E-state index contributed by atoms with van der Waals surface area (Å²) in [6.45, 7) is 3.23. The van der Waals surface area contributed by atoms with Crippen LogP contribution >= 0.6 is 0 Å². The minimum Gasteiger partial charge on any atom is -0.497 e. The van der Waals surface area contributed by atoms with Crippen LogP contribution in [0.1, 0.15) is 17.8 Å². The molecule has 1 aliphatic heterocycles. The largest absolute Gasteiger partial charge is 0.497 e. The summed E-state index contributed by atoms with van der Waals surface area (Å²) in [6.07, 6.45) is 8.40. The molecule has 5 rings (SSSR count). The molecule has 0 spiro atoms. The molecule has 4 aromatic rings. The normalized spacial score (nSPS) is 13.9. The van der Waals surface area contributed by atoms with E-state index >= 15 is 0 Å². The number of hydrogen-bond donors (Lipinski definition) is 0. The van der Waals surface area contributed by atoms with Crippen LogP contribution in [0.5, 0.6) is 5.75 Å². The van der Waals surface area contributed by atoms with E-state index in [9.17, 15) is 0 Å². The van der Waals surface area contributed by atoms with E-state index in [0.29, 0.717) is 0 Å². The zero-order valence-electron chi connectivity index (χ0n) is 18.9. The number of benzene rings is 2. The van der Waals surface area contributed by atoms with Gasteiger partial charge >= 0.3 is 0 Å². The number of fused-ring (bicyclic) bond motifs is 1. The number of ether oxygens (including phenoxy) is 2. The van der Waals surface area contributed by atoms with E-state index in [4.69, 9.17) is 14.5 Å². The van der Waals surface area contributed by atoms with Crippen molar-refractivity contribution < 1.29 is 9.47 Å². The number of aryl methyl sites for hydroxylation is 2. The van der Waals surface area contributed by atoms with Crippen LogP contribution in [0.15, 0.2) is 67.1 Å². The SMILES string of the molecule is COc1ccc2cc(-c3ccnc(CCCc4cccnc4)n3)cc(N3CCOCC3)c2c1. The lowest BCUT2D eigenvalue weighted by atomic mass is 10.0. The fourth-order valence-electron chi connectivity index (χ4n) is 4.34. The molecule has 1 fully saturated rings. The van der Waals surface area contributed by atoms with Gasteiger partial charge in [0.2, 0.25) is 0 Å². The van der Waals surface area contributed by atoms with E-state index in [0.717, 1.165) is 68.4 Å². The van der Waals surface area contributed by atoms with Gasteiger partial charge in [-0.05, 0) is 60.2 Å². The van der Waals surface area contributed by atoms with Crippen molar-refractivity contribution in [1.29, 1.82) is 0 Å². The molecule has 0 N–H and O–H groups in total. The van der Waals surface area contributed by atoms with Crippen LogP contribution in [0.2, 0.25) is 0 Å². The predicted molar refractivity (Wildman–Crippen MR) is 131 cm³/mol. The Kier molecular flexibility index (Phi) is 6.44. The quantitative estimate of drug-likeness (QED) is 0.415. The van der Waals surface area contributed by atoms with E-state index in [1.807, 2.05) is 30.6 Å². The highest BCUT2D eigenvalue weighted by molar-refractivity contribution is 5.98. The maximum absolute atomic E-state index is 5.59. The van der Waals surface area contributed by atoms with Gasteiger partial charge < -0.3 is 14.4 Å². The van der Waals surface area contributed by atoms with Gasteiger partial charge in [-0.1, -0.05) is 12.1 Å². The Hall–Kier alpha value is -3.51. The van der Waals surface area contributed by atoms with E-state index in [-0.39, 0.29) is 0 Å². The maximum Gasteiger partial charge on any atom is 0.128 e. The number of nitrogens with zero attached hydrogens (tertiary/aromatic N) is 4. The second-order valence-electron chi connectivity index (χ2n) is 8.25. The first-order valence-corrected chi connectivity index (χ1v) is 11.5. The van der Waals surface area contributed by atoms with Crippen LogP contribution in [-0.2, 0) is 17.6 Å². The zero-order chi connectivity index (χ0) is 22.5. The molecule has 0 saturated carbocycles. The fourth-order valence-corrected chi connectivity index (χ4v) is 4.34. The molecule has 3 heterocycles. The van der Waals surface area contributed by atoms with Crippen LogP contribution in [0.3, 0.4) is 0 Å². The van der Waals surface area contributed by atoms with E-state index in [2.05, 4.69) is 45.2 Å². The molecular formula is C27H28N4O2. The highest BCUT2D eigenvalue weighted by Gasteiger charge is 2.17. The van der Waals surface area contributed by atoms with Gasteiger partial charge in [0.15, 0.2) is 0 Å². The van der Waals surface area contributed by atoms with Crippen molar-refractivity contribution in [2.75, 3.05) is 38.3 Å². The Morgan fingerprint density at radius 1 is 1.00 bits per heavy atom. The molecule has 0 atom stereocenters. The molecule has 1 aliphatic rings. The number of methoxy groups -OCH3 is 1. The first kappa shape index (κ1) is 21.3. The smallest absolute Gasteiger partial charge is 0.128 e. The number of morpholine rings is 1. The summed E-state index contributed by atoms with van der Waals surface area (Å²) >= 11 is 0. The zero-order valence-corrected chi connectivity index (χ0v) is 18.9. The van der Waals surface area contributed by atoms with Crippen LogP contribution in [0, 0.1) is 0 Å². The molecule has 0 amide bonds. The van der Waals surface area contributed by atoms with Crippen molar-refractivity contribution in [1.82, 2.24) is 15.0 Å². The van der Waals surface area contributed by atoms with Crippen molar-refractivity contribution >= 4 is 16.5 Å². The summed E-state index contributed by atoms with van der Waals surface area (Å²) < 4.78 is 11.1. The highest BCUT2D eigenvalue weighted by Crippen LogP contribution is 2.35. The predicted octanol–water partition coefficient (Wildman–Crippen LogP) is 4.71. The van der Waals surface area contributed by atoms with E-state index in [1.54, 1.807) is 13.3 Å².